The Morgan fingerprint density at radius 2 is 1.38 bits per heavy atom. The quantitative estimate of drug-likeness (QED) is 0.210. The Morgan fingerprint density at radius 3 is 1.95 bits per heavy atom. The molecule has 336 valence electrons. The van der Waals surface area contributed by atoms with Crippen LogP contribution in [0.4, 0.5) is 0 Å². The highest BCUT2D eigenvalue weighted by atomic mass is 16.5. The van der Waals surface area contributed by atoms with E-state index in [1.807, 2.05) is 41.5 Å². The maximum absolute atomic E-state index is 14.2. The first kappa shape index (κ1) is 51.2. The maximum Gasteiger partial charge on any atom is 0.334 e. The summed E-state index contributed by atoms with van der Waals surface area (Å²) in [5.74, 6) is -4.99. The van der Waals surface area contributed by atoms with Gasteiger partial charge in [-0.1, -0.05) is 79.5 Å². The summed E-state index contributed by atoms with van der Waals surface area (Å²) < 4.78 is 5.71. The van der Waals surface area contributed by atoms with Crippen LogP contribution in [0.25, 0.3) is 0 Å². The lowest BCUT2D eigenvalue weighted by Gasteiger charge is -2.34. The van der Waals surface area contributed by atoms with Crippen molar-refractivity contribution in [1.29, 1.82) is 0 Å². The summed E-state index contributed by atoms with van der Waals surface area (Å²) in [5.41, 5.74) is 7.49. The van der Waals surface area contributed by atoms with Crippen molar-refractivity contribution in [2.75, 3.05) is 20.6 Å². The van der Waals surface area contributed by atoms with Crippen molar-refractivity contribution in [2.45, 2.75) is 144 Å². The molecule has 1 heterocycles. The number of nitrogens with two attached hydrogens (primary N) is 1. The average Bonchev–Trinajstić information content (AvgIpc) is 3.20. The monoisotopic (exact) mass is 842 g/mol. The zero-order chi connectivity index (χ0) is 45.6. The van der Waals surface area contributed by atoms with Crippen molar-refractivity contribution < 1.29 is 43.4 Å². The van der Waals surface area contributed by atoms with E-state index in [4.69, 9.17) is 10.5 Å². The summed E-state index contributed by atoms with van der Waals surface area (Å²) in [6, 6.07) is 0.848. The number of aromatic hydroxyl groups is 1. The number of hydrogen-bond acceptors (Lipinski definition) is 10. The van der Waals surface area contributed by atoms with Gasteiger partial charge in [-0.05, 0) is 75.0 Å². The van der Waals surface area contributed by atoms with Gasteiger partial charge in [0.2, 0.25) is 29.5 Å². The Balaban J connectivity index is 2.62. The van der Waals surface area contributed by atoms with Gasteiger partial charge in [0.25, 0.3) is 5.91 Å². The fourth-order valence-corrected chi connectivity index (χ4v) is 6.98. The number of rotatable bonds is 8. The molecule has 7 N–H and O–H groups in total. The van der Waals surface area contributed by atoms with Crippen LogP contribution < -0.4 is 27.0 Å². The summed E-state index contributed by atoms with van der Waals surface area (Å²) in [5, 5.41) is 21.1. The predicted octanol–water partition coefficient (Wildman–Crippen LogP) is 2.56. The zero-order valence-electron chi connectivity index (χ0n) is 37.7. The number of carbonyl (C=O) groups is 7. The first-order chi connectivity index (χ1) is 28.0. The Labute approximate surface area is 356 Å². The van der Waals surface area contributed by atoms with Crippen molar-refractivity contribution in [3.05, 3.63) is 41.5 Å². The van der Waals surface area contributed by atoms with Crippen LogP contribution >= 0.6 is 0 Å². The van der Waals surface area contributed by atoms with Crippen LogP contribution in [-0.4, -0.2) is 119 Å². The van der Waals surface area contributed by atoms with Crippen molar-refractivity contribution in [2.24, 2.45) is 29.4 Å². The van der Waals surface area contributed by atoms with Crippen LogP contribution in [0.3, 0.4) is 0 Å². The molecule has 0 bridgehead atoms. The third-order valence-electron chi connectivity index (χ3n) is 11.6. The minimum atomic E-state index is -1.24. The molecule has 2 rings (SSSR count). The van der Waals surface area contributed by atoms with Gasteiger partial charge in [0, 0.05) is 38.2 Å². The molecule has 0 aromatic heterocycles. The number of nitrogens with one attached hydrogen (secondary N) is 4. The molecule has 1 unspecified atom stereocenters. The van der Waals surface area contributed by atoms with Crippen LogP contribution in [0.1, 0.15) is 100 Å². The van der Waals surface area contributed by atoms with Gasteiger partial charge in [-0.3, -0.25) is 28.8 Å². The van der Waals surface area contributed by atoms with Crippen molar-refractivity contribution in [3.8, 4) is 5.75 Å². The molecule has 16 nitrogen and oxygen atoms in total. The van der Waals surface area contributed by atoms with Gasteiger partial charge < -0.3 is 46.6 Å². The van der Waals surface area contributed by atoms with Crippen molar-refractivity contribution in [3.63, 3.8) is 0 Å². The zero-order valence-corrected chi connectivity index (χ0v) is 37.7. The Bertz CT molecular complexity index is 1680. The highest BCUT2D eigenvalue weighted by molar-refractivity contribution is 5.96. The molecule has 1 aliphatic rings. The number of esters is 1. The van der Waals surface area contributed by atoms with E-state index < -0.39 is 90.3 Å². The lowest BCUT2D eigenvalue weighted by Crippen LogP contribution is -2.59. The Morgan fingerprint density at radius 1 is 0.800 bits per heavy atom. The smallest absolute Gasteiger partial charge is 0.334 e. The van der Waals surface area contributed by atoms with Crippen LogP contribution in [0.5, 0.6) is 5.75 Å². The van der Waals surface area contributed by atoms with Gasteiger partial charge in [0.15, 0.2) is 6.10 Å². The van der Waals surface area contributed by atoms with Gasteiger partial charge in [0.05, 0.1) is 6.54 Å². The third-order valence-corrected chi connectivity index (χ3v) is 11.6. The first-order valence-corrected chi connectivity index (χ1v) is 21.2. The van der Waals surface area contributed by atoms with E-state index in [1.54, 1.807) is 39.0 Å². The number of nitrogens with zero attached hydrogens (tertiary/aromatic N) is 2. The minimum absolute atomic E-state index is 0.00307. The number of cyclic esters (lactones) is 1. The first-order valence-electron chi connectivity index (χ1n) is 21.2. The number of ether oxygens (including phenoxy) is 1. The summed E-state index contributed by atoms with van der Waals surface area (Å²) in [4.78, 5) is 98.4. The van der Waals surface area contributed by atoms with Crippen molar-refractivity contribution >= 4 is 41.4 Å². The molecule has 10 atom stereocenters. The van der Waals surface area contributed by atoms with Gasteiger partial charge in [-0.2, -0.15) is 0 Å². The summed E-state index contributed by atoms with van der Waals surface area (Å²) in [6.45, 7) is 17.4. The summed E-state index contributed by atoms with van der Waals surface area (Å²) in [7, 11) is 2.81. The fourth-order valence-electron chi connectivity index (χ4n) is 6.98. The molecular weight excluding hydrogens is 771 g/mol. The largest absolute Gasteiger partial charge is 0.508 e. The van der Waals surface area contributed by atoms with E-state index in [-0.39, 0.29) is 54.3 Å². The molecule has 16 heteroatoms. The van der Waals surface area contributed by atoms with Gasteiger partial charge >= 0.3 is 5.97 Å². The van der Waals surface area contributed by atoms with Crippen molar-refractivity contribution in [1.82, 2.24) is 31.1 Å². The maximum atomic E-state index is 14.2. The van der Waals surface area contributed by atoms with Gasteiger partial charge in [-0.15, -0.1) is 0 Å². The summed E-state index contributed by atoms with van der Waals surface area (Å²) in [6.07, 6.45) is 2.05. The number of benzene rings is 1. The van der Waals surface area contributed by atoms with E-state index in [0.717, 1.165) is 11.3 Å². The number of amides is 6. The topological polar surface area (TPSA) is 230 Å². The third kappa shape index (κ3) is 14.9. The molecule has 0 fully saturated rings. The second kappa shape index (κ2) is 23.7. The second-order valence-corrected chi connectivity index (χ2v) is 17.0. The molecule has 1 aliphatic heterocycles. The highest BCUT2D eigenvalue weighted by Gasteiger charge is 2.36. The highest BCUT2D eigenvalue weighted by Crippen LogP contribution is 2.22. The minimum Gasteiger partial charge on any atom is -0.508 e. The van der Waals surface area contributed by atoms with Crippen LogP contribution in [-0.2, 0) is 44.7 Å². The second-order valence-electron chi connectivity index (χ2n) is 17.0. The molecule has 1 aromatic carbocycles. The molecule has 0 aliphatic carbocycles. The molecule has 0 radical (unpaired) electrons. The lowest BCUT2D eigenvalue weighted by molar-refractivity contribution is -0.154. The number of phenols is 1. The Kier molecular flexibility index (Phi) is 20.2. The molecule has 0 spiro atoms. The fraction of sp³-hybridized carbons (Fsp3) is 0.659. The van der Waals surface area contributed by atoms with Crippen LogP contribution in [0.2, 0.25) is 0 Å². The average molecular weight is 842 g/mol. The van der Waals surface area contributed by atoms with Crippen LogP contribution in [0, 0.1) is 23.7 Å². The van der Waals surface area contributed by atoms with E-state index >= 15 is 0 Å². The SMILES string of the molecule is CCC(C)[C@@H]1NC(=O)CN(C)C(=O)[C@@H](Cc2ccc(O)cc2)N(C)C(=O)[C@H](C)NC(=O)[C@@H](CC(C)C)OC(=O)/C(C)=C/C[C@H](N)[C@H](C)[C@@H]([C@@H](C)CC)NC(=O)[C@@H](C)NC1=O. The number of hydrogen-bond donors (Lipinski definition) is 6. The standard InChI is InChI=1S/C44H71N7O9/c1-13-25(5)37-28(8)33(45)20-15-27(7)44(59)60-35(21-24(3)4)40(55)47-30(10)42(57)51(12)34(22-31-16-18-32(52)19-17-31)43(58)50(11)23-36(53)48-38(26(6)14-2)41(56)46-29(9)39(54)49-37/h15-19,24-26,28-30,33-35,37-38,52H,13-14,20-23,45H2,1-12H3,(H,46,56)(H,47,55)(H,48,53)(H,49,54)/b27-15+/t25-,26?,28-,29+,30-,33-,34+,35+,37+,38-/m0/s1. The van der Waals surface area contributed by atoms with E-state index in [2.05, 4.69) is 21.3 Å². The molecule has 0 saturated heterocycles. The number of likely N-dealkylation sites (N-methyl/N-ethyl adjacent to an activating group) is 2. The normalized spacial score (nSPS) is 28.8. The van der Waals surface area contributed by atoms with Gasteiger partial charge in [0.1, 0.15) is 29.9 Å². The number of phenolic OH excluding ortho intramolecular Hbond substituents is 1. The van der Waals surface area contributed by atoms with E-state index in [9.17, 15) is 38.7 Å². The molecule has 0 saturated carbocycles. The molecular formula is C44H71N7O9. The molecule has 60 heavy (non-hydrogen) atoms. The predicted molar refractivity (Wildman–Crippen MR) is 229 cm³/mol. The van der Waals surface area contributed by atoms with E-state index in [1.165, 1.54) is 38.1 Å². The summed E-state index contributed by atoms with van der Waals surface area (Å²) >= 11 is 0. The Hall–Kier alpha value is -4.99. The van der Waals surface area contributed by atoms with Crippen LogP contribution in [0.15, 0.2) is 35.9 Å². The van der Waals surface area contributed by atoms with E-state index in [0.29, 0.717) is 12.0 Å². The van der Waals surface area contributed by atoms with Gasteiger partial charge in [-0.25, -0.2) is 4.79 Å². The molecule has 6 amide bonds. The number of carbonyl (C=O) groups excluding carboxylic acids is 7. The lowest BCUT2D eigenvalue weighted by atomic mass is 9.83. The molecule has 1 aromatic rings.